The monoisotopic (exact) mass is 419 g/mol. The van der Waals surface area contributed by atoms with Crippen molar-refractivity contribution in [3.63, 3.8) is 0 Å². The Balaban J connectivity index is 1.58. The van der Waals surface area contributed by atoms with E-state index in [2.05, 4.69) is 0 Å². The van der Waals surface area contributed by atoms with E-state index in [9.17, 15) is 13.2 Å². The maximum atomic E-state index is 12.7. The summed E-state index contributed by atoms with van der Waals surface area (Å²) >= 11 is 0. The zero-order valence-electron chi connectivity index (χ0n) is 16.4. The molecule has 8 heteroatoms. The topological polar surface area (TPSA) is 82.1 Å². The molecule has 0 atom stereocenters. The number of hydrogen-bond donors (Lipinski definition) is 0. The molecule has 1 fully saturated rings. The van der Waals surface area contributed by atoms with E-state index in [1.54, 1.807) is 24.3 Å². The van der Waals surface area contributed by atoms with Gasteiger partial charge in [-0.1, -0.05) is 24.3 Å². The first-order chi connectivity index (χ1) is 14.0. The molecule has 0 radical (unpaired) electrons. The Morgan fingerprint density at radius 1 is 1.07 bits per heavy atom. The maximum Gasteiger partial charge on any atom is 0.310 e. The Morgan fingerprint density at radius 3 is 2.48 bits per heavy atom. The van der Waals surface area contributed by atoms with Crippen LogP contribution < -0.4 is 4.74 Å². The van der Waals surface area contributed by atoms with Crippen molar-refractivity contribution in [1.29, 1.82) is 0 Å². The van der Waals surface area contributed by atoms with Crippen molar-refractivity contribution in [2.75, 3.05) is 32.9 Å². The summed E-state index contributed by atoms with van der Waals surface area (Å²) in [6, 6.07) is 13.8. The molecule has 0 saturated carbocycles. The van der Waals surface area contributed by atoms with Crippen LogP contribution in [0.3, 0.4) is 0 Å². The van der Waals surface area contributed by atoms with E-state index in [1.807, 2.05) is 31.2 Å². The molecule has 0 aliphatic carbocycles. The highest BCUT2D eigenvalue weighted by Crippen LogP contribution is 2.19. The molecule has 7 nitrogen and oxygen atoms in total. The first-order valence-corrected chi connectivity index (χ1v) is 11.0. The Labute approximate surface area is 171 Å². The Morgan fingerprint density at radius 2 is 1.79 bits per heavy atom. The van der Waals surface area contributed by atoms with Gasteiger partial charge in [0.2, 0.25) is 10.0 Å². The molecule has 0 N–H and O–H groups in total. The molecule has 156 valence electrons. The zero-order chi connectivity index (χ0) is 20.7. The van der Waals surface area contributed by atoms with Crippen LogP contribution in [0.25, 0.3) is 0 Å². The van der Waals surface area contributed by atoms with Gasteiger partial charge in [0.1, 0.15) is 12.4 Å². The quantitative estimate of drug-likeness (QED) is 0.611. The van der Waals surface area contributed by atoms with Gasteiger partial charge in [0.05, 0.1) is 31.1 Å². The summed E-state index contributed by atoms with van der Waals surface area (Å²) in [6.45, 7) is 3.97. The SMILES string of the molecule is CCOc1ccc(CC(=O)OCc2cccc(S(=O)(=O)N3CCOCC3)c2)cc1. The molecule has 2 aromatic rings. The number of hydrogen-bond acceptors (Lipinski definition) is 6. The van der Waals surface area contributed by atoms with Gasteiger partial charge in [-0.15, -0.1) is 0 Å². The number of sulfonamides is 1. The summed E-state index contributed by atoms with van der Waals surface area (Å²) in [5.41, 5.74) is 1.45. The number of ether oxygens (including phenoxy) is 3. The average Bonchev–Trinajstić information content (AvgIpc) is 2.75. The van der Waals surface area contributed by atoms with Crippen molar-refractivity contribution in [1.82, 2.24) is 4.31 Å². The van der Waals surface area contributed by atoms with Gasteiger partial charge in [0, 0.05) is 13.1 Å². The first-order valence-electron chi connectivity index (χ1n) is 9.53. The molecule has 2 aromatic carbocycles. The number of carbonyl (C=O) groups is 1. The smallest absolute Gasteiger partial charge is 0.310 e. The van der Waals surface area contributed by atoms with Crippen LogP contribution in [0.4, 0.5) is 0 Å². The van der Waals surface area contributed by atoms with Crippen molar-refractivity contribution in [2.45, 2.75) is 24.8 Å². The zero-order valence-corrected chi connectivity index (χ0v) is 17.2. The number of rotatable bonds is 8. The lowest BCUT2D eigenvalue weighted by molar-refractivity contribution is -0.144. The fourth-order valence-corrected chi connectivity index (χ4v) is 4.46. The summed E-state index contributed by atoms with van der Waals surface area (Å²) in [4.78, 5) is 12.3. The number of esters is 1. The fraction of sp³-hybridized carbons (Fsp3) is 0.381. The van der Waals surface area contributed by atoms with Gasteiger partial charge in [-0.25, -0.2) is 8.42 Å². The van der Waals surface area contributed by atoms with Gasteiger partial charge in [0.15, 0.2) is 0 Å². The van der Waals surface area contributed by atoms with Crippen molar-refractivity contribution in [3.8, 4) is 5.75 Å². The second-order valence-electron chi connectivity index (χ2n) is 6.58. The van der Waals surface area contributed by atoms with Crippen LogP contribution in [0.15, 0.2) is 53.4 Å². The molecule has 1 aliphatic rings. The first kappa shape index (κ1) is 21.3. The van der Waals surface area contributed by atoms with E-state index in [0.717, 1.165) is 11.3 Å². The fourth-order valence-electron chi connectivity index (χ4n) is 2.98. The molecule has 0 unspecified atom stereocenters. The maximum absolute atomic E-state index is 12.7. The Hall–Kier alpha value is -2.42. The van der Waals surface area contributed by atoms with Crippen LogP contribution in [0.2, 0.25) is 0 Å². The van der Waals surface area contributed by atoms with E-state index in [-0.39, 0.29) is 23.9 Å². The lowest BCUT2D eigenvalue weighted by atomic mass is 10.1. The predicted molar refractivity (Wildman–Crippen MR) is 107 cm³/mol. The molecule has 29 heavy (non-hydrogen) atoms. The molecule has 0 bridgehead atoms. The second-order valence-corrected chi connectivity index (χ2v) is 8.52. The van der Waals surface area contributed by atoms with Gasteiger partial charge in [-0.2, -0.15) is 4.31 Å². The van der Waals surface area contributed by atoms with Gasteiger partial charge in [0.25, 0.3) is 0 Å². The molecular formula is C21H25NO6S. The standard InChI is InChI=1S/C21H25NO6S/c1-2-27-19-8-6-17(7-9-19)15-21(23)28-16-18-4-3-5-20(14-18)29(24,25)22-10-12-26-13-11-22/h3-9,14H,2,10-13,15-16H2,1H3. The third-order valence-corrected chi connectivity index (χ3v) is 6.38. The molecule has 0 aromatic heterocycles. The van der Waals surface area contributed by atoms with Crippen LogP contribution >= 0.6 is 0 Å². The summed E-state index contributed by atoms with van der Waals surface area (Å²) in [7, 11) is -3.58. The van der Waals surface area contributed by atoms with Gasteiger partial charge in [-0.3, -0.25) is 4.79 Å². The van der Waals surface area contributed by atoms with E-state index in [4.69, 9.17) is 14.2 Å². The highest BCUT2D eigenvalue weighted by molar-refractivity contribution is 7.89. The van der Waals surface area contributed by atoms with Gasteiger partial charge >= 0.3 is 5.97 Å². The number of carbonyl (C=O) groups excluding carboxylic acids is 1. The van der Waals surface area contributed by atoms with Crippen LogP contribution in [-0.2, 0) is 37.3 Å². The lowest BCUT2D eigenvalue weighted by Crippen LogP contribution is -2.40. The minimum absolute atomic E-state index is 0.0162. The summed E-state index contributed by atoms with van der Waals surface area (Å²) in [5, 5.41) is 0. The van der Waals surface area contributed by atoms with Gasteiger partial charge in [-0.05, 0) is 42.3 Å². The largest absolute Gasteiger partial charge is 0.494 e. The van der Waals surface area contributed by atoms with E-state index in [1.165, 1.54) is 4.31 Å². The summed E-state index contributed by atoms with van der Waals surface area (Å²) in [6.07, 6.45) is 0.137. The minimum Gasteiger partial charge on any atom is -0.494 e. The van der Waals surface area contributed by atoms with E-state index < -0.39 is 10.0 Å². The van der Waals surface area contributed by atoms with Gasteiger partial charge < -0.3 is 14.2 Å². The third-order valence-electron chi connectivity index (χ3n) is 4.49. The molecule has 3 rings (SSSR count). The van der Waals surface area contributed by atoms with Crippen molar-refractivity contribution in [2.24, 2.45) is 0 Å². The van der Waals surface area contributed by atoms with Crippen molar-refractivity contribution >= 4 is 16.0 Å². The molecule has 1 saturated heterocycles. The molecule has 0 spiro atoms. The van der Waals surface area contributed by atoms with Crippen LogP contribution in [0.5, 0.6) is 5.75 Å². The third kappa shape index (κ3) is 5.79. The normalized spacial score (nSPS) is 15.1. The van der Waals surface area contributed by atoms with Crippen LogP contribution in [0.1, 0.15) is 18.1 Å². The van der Waals surface area contributed by atoms with Crippen LogP contribution in [-0.4, -0.2) is 51.6 Å². The van der Waals surface area contributed by atoms with E-state index in [0.29, 0.717) is 38.5 Å². The Bertz CT molecular complexity index is 920. The summed E-state index contributed by atoms with van der Waals surface area (Å²) in [5.74, 6) is 0.374. The number of nitrogens with zero attached hydrogens (tertiary/aromatic N) is 1. The highest BCUT2D eigenvalue weighted by Gasteiger charge is 2.26. The second kappa shape index (κ2) is 9.87. The molecular weight excluding hydrogens is 394 g/mol. The minimum atomic E-state index is -3.58. The van der Waals surface area contributed by atoms with E-state index >= 15 is 0 Å². The van der Waals surface area contributed by atoms with Crippen molar-refractivity contribution in [3.05, 3.63) is 59.7 Å². The number of morpholine rings is 1. The lowest BCUT2D eigenvalue weighted by Gasteiger charge is -2.26. The average molecular weight is 419 g/mol. The highest BCUT2D eigenvalue weighted by atomic mass is 32.2. The predicted octanol–water partition coefficient (Wildman–Crippen LogP) is 2.39. The molecule has 1 heterocycles. The summed E-state index contributed by atoms with van der Waals surface area (Å²) < 4.78 is 42.8. The molecule has 1 aliphatic heterocycles. The molecule has 0 amide bonds. The van der Waals surface area contributed by atoms with Crippen LogP contribution in [0, 0.1) is 0 Å². The Kier molecular flexibility index (Phi) is 7.24. The number of benzene rings is 2. The van der Waals surface area contributed by atoms with Crippen molar-refractivity contribution < 1.29 is 27.4 Å².